The summed E-state index contributed by atoms with van der Waals surface area (Å²) < 4.78 is 2.37. The molecule has 0 radical (unpaired) electrons. The van der Waals surface area contributed by atoms with Crippen molar-refractivity contribution in [1.82, 2.24) is 14.5 Å². The van der Waals surface area contributed by atoms with Gasteiger partial charge in [0.05, 0.1) is 21.6 Å². The number of imidazole rings is 1. The van der Waals surface area contributed by atoms with Crippen LogP contribution in [-0.2, 0) is 0 Å². The van der Waals surface area contributed by atoms with E-state index in [0.717, 1.165) is 21.9 Å². The molecule has 4 nitrogen and oxygen atoms in total. The molecule has 102 valence electrons. The highest BCUT2D eigenvalue weighted by molar-refractivity contribution is 7.18. The number of benzene rings is 1. The molecule has 1 aliphatic rings. The van der Waals surface area contributed by atoms with Crippen LogP contribution >= 0.6 is 11.3 Å². The van der Waals surface area contributed by atoms with Gasteiger partial charge in [0, 0.05) is 6.04 Å². The van der Waals surface area contributed by atoms with Gasteiger partial charge in [0.15, 0.2) is 11.0 Å². The van der Waals surface area contributed by atoms with E-state index in [9.17, 15) is 0 Å². The minimum atomic E-state index is 0.584. The maximum atomic E-state index is 5.85. The van der Waals surface area contributed by atoms with Crippen LogP contribution in [0.3, 0.4) is 0 Å². The Hall–Kier alpha value is -1.88. The fraction of sp³-hybridized carbons (Fsp3) is 0.333. The van der Waals surface area contributed by atoms with Crippen LogP contribution < -0.4 is 5.73 Å². The summed E-state index contributed by atoms with van der Waals surface area (Å²) in [7, 11) is 0. The SMILES string of the molecule is Cc1ccc2c(c1)nc(-c1sc(N)nc1C)n2C1CC1. The van der Waals surface area contributed by atoms with E-state index in [1.165, 1.54) is 35.3 Å². The predicted octanol–water partition coefficient (Wildman–Crippen LogP) is 3.69. The first-order chi connectivity index (χ1) is 9.63. The molecule has 2 aromatic heterocycles. The number of aryl methyl sites for hydroxylation is 2. The summed E-state index contributed by atoms with van der Waals surface area (Å²) >= 11 is 1.53. The van der Waals surface area contributed by atoms with E-state index in [2.05, 4.69) is 34.7 Å². The molecule has 2 heterocycles. The standard InChI is InChI=1S/C15H16N4S/c1-8-3-6-12-11(7-8)18-14(19(12)10-4-5-10)13-9(2)17-15(16)20-13/h3,6-7,10H,4-5H2,1-2H3,(H2,16,17). The van der Waals surface area contributed by atoms with E-state index >= 15 is 0 Å². The summed E-state index contributed by atoms with van der Waals surface area (Å²) in [4.78, 5) is 10.3. The van der Waals surface area contributed by atoms with Gasteiger partial charge in [-0.1, -0.05) is 17.4 Å². The zero-order chi connectivity index (χ0) is 13.9. The lowest BCUT2D eigenvalue weighted by molar-refractivity contribution is 0.776. The monoisotopic (exact) mass is 284 g/mol. The topological polar surface area (TPSA) is 56.7 Å². The van der Waals surface area contributed by atoms with Crippen LogP contribution in [0.2, 0.25) is 0 Å². The van der Waals surface area contributed by atoms with Gasteiger partial charge in [0.1, 0.15) is 0 Å². The van der Waals surface area contributed by atoms with Crippen molar-refractivity contribution in [3.8, 4) is 10.7 Å². The quantitative estimate of drug-likeness (QED) is 0.780. The first-order valence-electron chi connectivity index (χ1n) is 6.85. The zero-order valence-electron chi connectivity index (χ0n) is 11.6. The molecule has 0 saturated heterocycles. The van der Waals surface area contributed by atoms with E-state index in [-0.39, 0.29) is 0 Å². The molecule has 1 aromatic carbocycles. The Labute approximate surface area is 121 Å². The van der Waals surface area contributed by atoms with Gasteiger partial charge in [0.2, 0.25) is 0 Å². The van der Waals surface area contributed by atoms with Crippen LogP contribution in [0.1, 0.15) is 30.1 Å². The number of hydrogen-bond donors (Lipinski definition) is 1. The Balaban J connectivity index is 2.03. The number of aromatic nitrogens is 3. The first-order valence-corrected chi connectivity index (χ1v) is 7.67. The highest BCUT2D eigenvalue weighted by Gasteiger charge is 2.29. The number of fused-ring (bicyclic) bond motifs is 1. The minimum absolute atomic E-state index is 0.584. The first kappa shape index (κ1) is 11.9. The summed E-state index contributed by atoms with van der Waals surface area (Å²) in [6.07, 6.45) is 2.47. The van der Waals surface area contributed by atoms with Gasteiger partial charge in [-0.2, -0.15) is 0 Å². The predicted molar refractivity (Wildman–Crippen MR) is 83.0 cm³/mol. The molecule has 2 N–H and O–H groups in total. The minimum Gasteiger partial charge on any atom is -0.375 e. The second-order valence-corrected chi connectivity index (χ2v) is 6.53. The smallest absolute Gasteiger partial charge is 0.180 e. The van der Waals surface area contributed by atoms with Gasteiger partial charge in [-0.15, -0.1) is 0 Å². The van der Waals surface area contributed by atoms with Crippen molar-refractivity contribution >= 4 is 27.5 Å². The van der Waals surface area contributed by atoms with Gasteiger partial charge in [-0.25, -0.2) is 9.97 Å². The third-order valence-electron chi connectivity index (χ3n) is 3.77. The normalized spacial score (nSPS) is 15.1. The summed E-state index contributed by atoms with van der Waals surface area (Å²) in [6, 6.07) is 7.07. The molecule has 0 aliphatic heterocycles. The van der Waals surface area contributed by atoms with Crippen molar-refractivity contribution in [2.24, 2.45) is 0 Å². The second-order valence-electron chi connectivity index (χ2n) is 5.50. The van der Waals surface area contributed by atoms with Gasteiger partial charge in [0.25, 0.3) is 0 Å². The molecule has 4 rings (SSSR count). The highest BCUT2D eigenvalue weighted by Crippen LogP contribution is 2.43. The largest absolute Gasteiger partial charge is 0.375 e. The summed E-state index contributed by atoms with van der Waals surface area (Å²) in [5, 5.41) is 0.614. The molecule has 0 bridgehead atoms. The Kier molecular flexibility index (Phi) is 2.41. The van der Waals surface area contributed by atoms with Crippen molar-refractivity contribution in [2.45, 2.75) is 32.7 Å². The van der Waals surface area contributed by atoms with Crippen LogP contribution in [0.25, 0.3) is 21.7 Å². The van der Waals surface area contributed by atoms with Crippen molar-refractivity contribution in [2.75, 3.05) is 5.73 Å². The highest BCUT2D eigenvalue weighted by atomic mass is 32.1. The maximum absolute atomic E-state index is 5.85. The Bertz CT molecular complexity index is 811. The lowest BCUT2D eigenvalue weighted by atomic mass is 10.2. The van der Waals surface area contributed by atoms with E-state index in [4.69, 9.17) is 10.7 Å². The molecular formula is C15H16N4S. The van der Waals surface area contributed by atoms with Crippen molar-refractivity contribution in [1.29, 1.82) is 0 Å². The van der Waals surface area contributed by atoms with Crippen molar-refractivity contribution in [3.05, 3.63) is 29.5 Å². The number of rotatable bonds is 2. The van der Waals surface area contributed by atoms with Crippen LogP contribution in [0.15, 0.2) is 18.2 Å². The number of nitrogens with zero attached hydrogens (tertiary/aromatic N) is 3. The molecule has 0 unspecified atom stereocenters. The van der Waals surface area contributed by atoms with Gasteiger partial charge in [-0.05, 0) is 44.4 Å². The maximum Gasteiger partial charge on any atom is 0.180 e. The number of anilines is 1. The summed E-state index contributed by atoms with van der Waals surface area (Å²) in [6.45, 7) is 4.11. The fourth-order valence-corrected chi connectivity index (χ4v) is 3.52. The molecule has 3 aromatic rings. The Morgan fingerprint density at radius 1 is 1.25 bits per heavy atom. The Morgan fingerprint density at radius 3 is 2.70 bits per heavy atom. The summed E-state index contributed by atoms with van der Waals surface area (Å²) in [5.41, 5.74) is 10.4. The van der Waals surface area contributed by atoms with Crippen LogP contribution in [0.4, 0.5) is 5.13 Å². The van der Waals surface area contributed by atoms with Gasteiger partial charge in [-0.3, -0.25) is 0 Å². The lowest BCUT2D eigenvalue weighted by Gasteiger charge is -2.06. The number of nitrogen functional groups attached to an aromatic ring is 1. The third-order valence-corrected chi connectivity index (χ3v) is 4.76. The molecule has 5 heteroatoms. The Morgan fingerprint density at radius 2 is 2.05 bits per heavy atom. The number of hydrogen-bond acceptors (Lipinski definition) is 4. The molecule has 1 fully saturated rings. The summed E-state index contributed by atoms with van der Waals surface area (Å²) in [5.74, 6) is 1.03. The fourth-order valence-electron chi connectivity index (χ4n) is 2.70. The molecule has 1 saturated carbocycles. The van der Waals surface area contributed by atoms with E-state index in [1.807, 2.05) is 6.92 Å². The molecule has 1 aliphatic carbocycles. The average Bonchev–Trinajstić information content (AvgIpc) is 3.08. The molecule has 0 spiro atoms. The molecule has 0 amide bonds. The van der Waals surface area contributed by atoms with Gasteiger partial charge >= 0.3 is 0 Å². The number of nitrogens with two attached hydrogens (primary N) is 1. The van der Waals surface area contributed by atoms with E-state index in [0.29, 0.717) is 11.2 Å². The average molecular weight is 284 g/mol. The van der Waals surface area contributed by atoms with Crippen LogP contribution in [0, 0.1) is 13.8 Å². The van der Waals surface area contributed by atoms with Crippen molar-refractivity contribution < 1.29 is 0 Å². The second kappa shape index (κ2) is 4.06. The van der Waals surface area contributed by atoms with Crippen LogP contribution in [-0.4, -0.2) is 14.5 Å². The zero-order valence-corrected chi connectivity index (χ0v) is 12.4. The van der Waals surface area contributed by atoms with Crippen LogP contribution in [0.5, 0.6) is 0 Å². The van der Waals surface area contributed by atoms with Crippen molar-refractivity contribution in [3.63, 3.8) is 0 Å². The molecular weight excluding hydrogens is 268 g/mol. The molecule has 0 atom stereocenters. The van der Waals surface area contributed by atoms with Gasteiger partial charge < -0.3 is 10.3 Å². The van der Waals surface area contributed by atoms with E-state index in [1.54, 1.807) is 0 Å². The lowest BCUT2D eigenvalue weighted by Crippen LogP contribution is -1.97. The number of thiazole rings is 1. The third kappa shape index (κ3) is 1.73. The van der Waals surface area contributed by atoms with E-state index < -0.39 is 0 Å². The molecule has 20 heavy (non-hydrogen) atoms.